The van der Waals surface area contributed by atoms with Crippen molar-refractivity contribution in [3.63, 3.8) is 0 Å². The number of carbonyl (C=O) groups excluding carboxylic acids is 1. The molecule has 3 N–H and O–H groups in total. The average molecular weight is 234 g/mol. The third-order valence-corrected chi connectivity index (χ3v) is 3.17. The van der Waals surface area contributed by atoms with Gasteiger partial charge in [-0.3, -0.25) is 4.79 Å². The van der Waals surface area contributed by atoms with E-state index in [-0.39, 0.29) is 18.4 Å². The number of aliphatic hydroxyl groups excluding tert-OH is 1. The van der Waals surface area contributed by atoms with E-state index in [4.69, 9.17) is 0 Å². The minimum Gasteiger partial charge on any atom is -0.392 e. The molecule has 1 saturated heterocycles. The predicted molar refractivity (Wildman–Crippen MR) is 65.2 cm³/mol. The number of carbonyl (C=O) groups is 1. The van der Waals surface area contributed by atoms with Crippen LogP contribution in [0.15, 0.2) is 24.3 Å². The lowest BCUT2D eigenvalue weighted by Crippen LogP contribution is -2.31. The Morgan fingerprint density at radius 3 is 2.82 bits per heavy atom. The van der Waals surface area contributed by atoms with E-state index < -0.39 is 0 Å². The molecule has 1 fully saturated rings. The molecule has 1 heterocycles. The Bertz CT molecular complexity index is 387. The Balaban J connectivity index is 1.90. The molecule has 1 amide bonds. The van der Waals surface area contributed by atoms with Gasteiger partial charge in [0.25, 0.3) is 0 Å². The lowest BCUT2D eigenvalue weighted by Gasteiger charge is -2.11. The maximum atomic E-state index is 11.8. The van der Waals surface area contributed by atoms with Crippen molar-refractivity contribution in [1.29, 1.82) is 0 Å². The van der Waals surface area contributed by atoms with Gasteiger partial charge < -0.3 is 15.7 Å². The molecule has 17 heavy (non-hydrogen) atoms. The monoisotopic (exact) mass is 234 g/mol. The van der Waals surface area contributed by atoms with Crippen molar-refractivity contribution in [1.82, 2.24) is 10.6 Å². The highest BCUT2D eigenvalue weighted by Crippen LogP contribution is 2.10. The summed E-state index contributed by atoms with van der Waals surface area (Å²) in [5.41, 5.74) is 1.85. The lowest BCUT2D eigenvalue weighted by atomic mass is 10.1. The molecule has 0 radical (unpaired) electrons. The molecule has 0 spiro atoms. The molecule has 1 aromatic carbocycles. The highest BCUT2D eigenvalue weighted by molar-refractivity contribution is 5.79. The molecule has 0 aromatic heterocycles. The number of aliphatic hydroxyl groups is 1. The van der Waals surface area contributed by atoms with Gasteiger partial charge in [-0.25, -0.2) is 0 Å². The average Bonchev–Trinajstić information content (AvgIpc) is 2.90. The highest BCUT2D eigenvalue weighted by atomic mass is 16.3. The zero-order valence-electron chi connectivity index (χ0n) is 9.78. The number of benzene rings is 1. The van der Waals surface area contributed by atoms with Crippen molar-refractivity contribution in [2.45, 2.75) is 19.6 Å². The van der Waals surface area contributed by atoms with E-state index in [1.807, 2.05) is 24.3 Å². The van der Waals surface area contributed by atoms with Gasteiger partial charge in [0.05, 0.1) is 12.5 Å². The Kier molecular flexibility index (Phi) is 4.12. The van der Waals surface area contributed by atoms with Gasteiger partial charge in [0.15, 0.2) is 0 Å². The fraction of sp³-hybridized carbons (Fsp3) is 0.462. The van der Waals surface area contributed by atoms with Crippen LogP contribution in [0, 0.1) is 5.92 Å². The van der Waals surface area contributed by atoms with Crippen molar-refractivity contribution in [2.75, 3.05) is 13.1 Å². The van der Waals surface area contributed by atoms with Crippen LogP contribution in [-0.2, 0) is 17.9 Å². The van der Waals surface area contributed by atoms with Crippen molar-refractivity contribution in [3.8, 4) is 0 Å². The summed E-state index contributed by atoms with van der Waals surface area (Å²) in [6.45, 7) is 2.20. The summed E-state index contributed by atoms with van der Waals surface area (Å²) >= 11 is 0. The molecule has 1 unspecified atom stereocenters. The van der Waals surface area contributed by atoms with Crippen LogP contribution >= 0.6 is 0 Å². The third-order valence-electron chi connectivity index (χ3n) is 3.17. The van der Waals surface area contributed by atoms with Crippen LogP contribution in [0.1, 0.15) is 17.5 Å². The fourth-order valence-corrected chi connectivity index (χ4v) is 2.09. The van der Waals surface area contributed by atoms with Gasteiger partial charge in [-0.15, -0.1) is 0 Å². The number of rotatable bonds is 4. The van der Waals surface area contributed by atoms with E-state index in [0.29, 0.717) is 6.54 Å². The molecule has 0 bridgehead atoms. The second kappa shape index (κ2) is 5.80. The highest BCUT2D eigenvalue weighted by Gasteiger charge is 2.21. The molecule has 1 aromatic rings. The van der Waals surface area contributed by atoms with Crippen LogP contribution in [0.5, 0.6) is 0 Å². The summed E-state index contributed by atoms with van der Waals surface area (Å²) < 4.78 is 0. The molecule has 1 atom stereocenters. The Labute approximate surface area is 101 Å². The zero-order valence-corrected chi connectivity index (χ0v) is 9.78. The van der Waals surface area contributed by atoms with Crippen LogP contribution in [-0.4, -0.2) is 24.1 Å². The number of nitrogens with one attached hydrogen (secondary N) is 2. The Hall–Kier alpha value is -1.39. The van der Waals surface area contributed by atoms with Crippen molar-refractivity contribution in [2.24, 2.45) is 5.92 Å². The minimum absolute atomic E-state index is 0.0109. The summed E-state index contributed by atoms with van der Waals surface area (Å²) in [5, 5.41) is 15.3. The first kappa shape index (κ1) is 12.1. The third kappa shape index (κ3) is 3.05. The van der Waals surface area contributed by atoms with Gasteiger partial charge in [0.2, 0.25) is 5.91 Å². The molecular formula is C13H18N2O2. The largest absolute Gasteiger partial charge is 0.392 e. The maximum Gasteiger partial charge on any atom is 0.224 e. The maximum absolute atomic E-state index is 11.8. The molecule has 2 rings (SSSR count). The van der Waals surface area contributed by atoms with Crippen molar-refractivity contribution >= 4 is 5.91 Å². The number of amides is 1. The van der Waals surface area contributed by atoms with E-state index in [2.05, 4.69) is 10.6 Å². The Morgan fingerprint density at radius 1 is 1.41 bits per heavy atom. The summed E-state index contributed by atoms with van der Waals surface area (Å²) in [5.74, 6) is 0.194. The quantitative estimate of drug-likeness (QED) is 0.707. The van der Waals surface area contributed by atoms with Crippen LogP contribution < -0.4 is 10.6 Å². The molecular weight excluding hydrogens is 216 g/mol. The van der Waals surface area contributed by atoms with Crippen LogP contribution in [0.2, 0.25) is 0 Å². The van der Waals surface area contributed by atoms with Gasteiger partial charge >= 0.3 is 0 Å². The van der Waals surface area contributed by atoms with Crippen LogP contribution in [0.4, 0.5) is 0 Å². The van der Waals surface area contributed by atoms with Crippen molar-refractivity contribution < 1.29 is 9.90 Å². The first-order chi connectivity index (χ1) is 8.31. The Morgan fingerprint density at radius 2 is 2.18 bits per heavy atom. The smallest absolute Gasteiger partial charge is 0.224 e. The SMILES string of the molecule is O=C(NCc1ccccc1CO)C1CCNC1. The molecule has 4 heteroatoms. The molecule has 1 aliphatic heterocycles. The topological polar surface area (TPSA) is 61.4 Å². The van der Waals surface area contributed by atoms with Crippen molar-refractivity contribution in [3.05, 3.63) is 35.4 Å². The normalized spacial score (nSPS) is 19.2. The summed E-state index contributed by atoms with van der Waals surface area (Å²) in [7, 11) is 0. The standard InChI is InChI=1S/C13H18N2O2/c16-9-12-4-2-1-3-10(12)8-15-13(17)11-5-6-14-7-11/h1-4,11,14,16H,5-9H2,(H,15,17). The lowest BCUT2D eigenvalue weighted by molar-refractivity contribution is -0.124. The van der Waals surface area contributed by atoms with Crippen LogP contribution in [0.3, 0.4) is 0 Å². The van der Waals surface area contributed by atoms with E-state index in [1.165, 1.54) is 0 Å². The first-order valence-electron chi connectivity index (χ1n) is 5.97. The van der Waals surface area contributed by atoms with Gasteiger partial charge in [-0.1, -0.05) is 24.3 Å². The first-order valence-corrected chi connectivity index (χ1v) is 5.97. The summed E-state index contributed by atoms with van der Waals surface area (Å²) in [6.07, 6.45) is 0.910. The second-order valence-electron chi connectivity index (χ2n) is 4.33. The van der Waals surface area contributed by atoms with Gasteiger partial charge in [0.1, 0.15) is 0 Å². The molecule has 92 valence electrons. The van der Waals surface area contributed by atoms with Gasteiger partial charge in [-0.2, -0.15) is 0 Å². The molecule has 1 aliphatic rings. The molecule has 4 nitrogen and oxygen atoms in total. The fourth-order valence-electron chi connectivity index (χ4n) is 2.09. The summed E-state index contributed by atoms with van der Waals surface area (Å²) in [4.78, 5) is 11.8. The van der Waals surface area contributed by atoms with Gasteiger partial charge in [0, 0.05) is 13.1 Å². The molecule has 0 saturated carbocycles. The zero-order chi connectivity index (χ0) is 12.1. The minimum atomic E-state index is 0.0109. The van der Waals surface area contributed by atoms with Crippen LogP contribution in [0.25, 0.3) is 0 Å². The number of hydrogen-bond acceptors (Lipinski definition) is 3. The van der Waals surface area contributed by atoms with E-state index in [0.717, 1.165) is 30.6 Å². The predicted octanol–water partition coefficient (Wildman–Crippen LogP) is 0.405. The summed E-state index contributed by atoms with van der Waals surface area (Å²) in [6, 6.07) is 7.60. The van der Waals surface area contributed by atoms with E-state index >= 15 is 0 Å². The van der Waals surface area contributed by atoms with E-state index in [9.17, 15) is 9.90 Å². The van der Waals surface area contributed by atoms with E-state index in [1.54, 1.807) is 0 Å². The molecule has 0 aliphatic carbocycles. The van der Waals surface area contributed by atoms with Gasteiger partial charge in [-0.05, 0) is 24.1 Å². The second-order valence-corrected chi connectivity index (χ2v) is 4.33. The number of hydrogen-bond donors (Lipinski definition) is 3.